The summed E-state index contributed by atoms with van der Waals surface area (Å²) in [6, 6.07) is 7.87. The van der Waals surface area contributed by atoms with Gasteiger partial charge in [-0.15, -0.1) is 12.4 Å². The van der Waals surface area contributed by atoms with E-state index in [2.05, 4.69) is 5.32 Å². The van der Waals surface area contributed by atoms with E-state index in [1.807, 2.05) is 38.1 Å². The van der Waals surface area contributed by atoms with E-state index in [0.29, 0.717) is 19.5 Å². The molecule has 108 valence electrons. The lowest BCUT2D eigenvalue weighted by Crippen LogP contribution is -2.33. The molecule has 4 nitrogen and oxygen atoms in total. The largest absolute Gasteiger partial charge is 0.489 e. The predicted octanol–water partition coefficient (Wildman–Crippen LogP) is 2.04. The van der Waals surface area contributed by atoms with Crippen LogP contribution in [0.1, 0.15) is 25.3 Å². The van der Waals surface area contributed by atoms with E-state index < -0.39 is 0 Å². The molecule has 0 aliphatic carbocycles. The maximum Gasteiger partial charge on any atom is 0.220 e. The molecule has 5 heteroatoms. The minimum atomic E-state index is -0.0467. The lowest BCUT2D eigenvalue weighted by molar-refractivity contribution is -0.121. The second-order valence-electron chi connectivity index (χ2n) is 4.44. The Morgan fingerprint density at radius 2 is 2.00 bits per heavy atom. The van der Waals surface area contributed by atoms with Gasteiger partial charge in [0, 0.05) is 6.42 Å². The smallest absolute Gasteiger partial charge is 0.220 e. The van der Waals surface area contributed by atoms with Gasteiger partial charge in [0.05, 0.1) is 6.54 Å². The summed E-state index contributed by atoms with van der Waals surface area (Å²) in [5.74, 6) is 0.851. The van der Waals surface area contributed by atoms with Crippen molar-refractivity contribution >= 4 is 18.3 Å². The number of carbonyl (C=O) groups excluding carboxylic acids is 1. The number of hydrogen-bond donors (Lipinski definition) is 2. The summed E-state index contributed by atoms with van der Waals surface area (Å²) in [7, 11) is 0. The molecule has 19 heavy (non-hydrogen) atoms. The molecule has 1 atom stereocenters. The molecule has 1 aromatic rings. The number of carbonyl (C=O) groups is 1. The van der Waals surface area contributed by atoms with Crippen molar-refractivity contribution in [1.29, 1.82) is 0 Å². The third-order valence-electron chi connectivity index (χ3n) is 2.55. The first-order valence-corrected chi connectivity index (χ1v) is 6.32. The molecule has 0 spiro atoms. The fourth-order valence-electron chi connectivity index (χ4n) is 1.50. The van der Waals surface area contributed by atoms with Gasteiger partial charge in [-0.1, -0.05) is 17.7 Å². The number of amides is 1. The number of halogens is 1. The molecule has 0 saturated carbocycles. The van der Waals surface area contributed by atoms with Crippen LogP contribution in [0.15, 0.2) is 24.3 Å². The SMILES string of the molecule is Cc1ccc(OC(C)CNC(=O)CCCN)cc1.Cl. The highest BCUT2D eigenvalue weighted by Crippen LogP contribution is 2.12. The normalized spacial score (nSPS) is 11.3. The van der Waals surface area contributed by atoms with Gasteiger partial charge in [-0.3, -0.25) is 4.79 Å². The number of ether oxygens (including phenoxy) is 1. The van der Waals surface area contributed by atoms with Crippen molar-refractivity contribution in [3.63, 3.8) is 0 Å². The van der Waals surface area contributed by atoms with Crippen LogP contribution in [-0.2, 0) is 4.79 Å². The fraction of sp³-hybridized carbons (Fsp3) is 0.500. The summed E-state index contributed by atoms with van der Waals surface area (Å²) < 4.78 is 5.68. The Morgan fingerprint density at radius 1 is 1.37 bits per heavy atom. The maximum absolute atomic E-state index is 11.4. The first-order chi connectivity index (χ1) is 8.61. The second-order valence-corrected chi connectivity index (χ2v) is 4.44. The third-order valence-corrected chi connectivity index (χ3v) is 2.55. The van der Waals surface area contributed by atoms with Crippen molar-refractivity contribution in [2.24, 2.45) is 5.73 Å². The van der Waals surface area contributed by atoms with Crippen molar-refractivity contribution < 1.29 is 9.53 Å². The molecule has 0 radical (unpaired) electrons. The number of rotatable bonds is 7. The molecule has 1 unspecified atom stereocenters. The van der Waals surface area contributed by atoms with Crippen LogP contribution in [0, 0.1) is 6.92 Å². The first kappa shape index (κ1) is 17.7. The molecule has 0 fully saturated rings. The molecule has 0 saturated heterocycles. The van der Waals surface area contributed by atoms with Gasteiger partial charge < -0.3 is 15.8 Å². The second kappa shape index (κ2) is 9.64. The number of hydrogen-bond acceptors (Lipinski definition) is 3. The minimum Gasteiger partial charge on any atom is -0.489 e. The minimum absolute atomic E-state index is 0. The molecule has 0 bridgehead atoms. The van der Waals surface area contributed by atoms with Crippen LogP contribution in [0.4, 0.5) is 0 Å². The van der Waals surface area contributed by atoms with E-state index in [-0.39, 0.29) is 24.4 Å². The van der Waals surface area contributed by atoms with Crippen LogP contribution >= 0.6 is 12.4 Å². The summed E-state index contributed by atoms with van der Waals surface area (Å²) in [6.07, 6.45) is 1.15. The zero-order chi connectivity index (χ0) is 13.4. The highest BCUT2D eigenvalue weighted by atomic mass is 35.5. The van der Waals surface area contributed by atoms with Crippen LogP contribution in [0.3, 0.4) is 0 Å². The van der Waals surface area contributed by atoms with Crippen molar-refractivity contribution in [3.8, 4) is 5.75 Å². The molecule has 0 aliphatic heterocycles. The first-order valence-electron chi connectivity index (χ1n) is 6.32. The number of aryl methyl sites for hydroxylation is 1. The molecule has 0 aromatic heterocycles. The van der Waals surface area contributed by atoms with E-state index in [4.69, 9.17) is 10.5 Å². The third kappa shape index (κ3) is 7.70. The molecule has 1 amide bonds. The zero-order valence-corrected chi connectivity index (χ0v) is 12.3. The Morgan fingerprint density at radius 3 is 2.58 bits per heavy atom. The number of nitrogens with two attached hydrogens (primary N) is 1. The Labute approximate surface area is 121 Å². The molecular weight excluding hydrogens is 264 g/mol. The number of benzene rings is 1. The molecule has 1 rings (SSSR count). The Kier molecular flexibility index (Phi) is 9.00. The van der Waals surface area contributed by atoms with Gasteiger partial charge in [0.25, 0.3) is 0 Å². The van der Waals surface area contributed by atoms with Gasteiger partial charge in [-0.25, -0.2) is 0 Å². The van der Waals surface area contributed by atoms with Crippen LogP contribution in [0.25, 0.3) is 0 Å². The van der Waals surface area contributed by atoms with Crippen LogP contribution in [-0.4, -0.2) is 25.1 Å². The van der Waals surface area contributed by atoms with Gasteiger partial charge in [0.15, 0.2) is 0 Å². The molecular formula is C14H23ClN2O2. The standard InChI is InChI=1S/C14H22N2O2.ClH/c1-11-5-7-13(8-6-11)18-12(2)10-16-14(17)4-3-9-15;/h5-8,12H,3-4,9-10,15H2,1-2H3,(H,16,17);1H. The lowest BCUT2D eigenvalue weighted by atomic mass is 10.2. The predicted molar refractivity (Wildman–Crippen MR) is 79.8 cm³/mol. The van der Waals surface area contributed by atoms with E-state index in [0.717, 1.165) is 12.2 Å². The van der Waals surface area contributed by atoms with E-state index in [1.165, 1.54) is 5.56 Å². The van der Waals surface area contributed by atoms with E-state index in [9.17, 15) is 4.79 Å². The Bertz CT molecular complexity index is 368. The number of nitrogens with one attached hydrogen (secondary N) is 1. The molecule has 0 heterocycles. The van der Waals surface area contributed by atoms with Crippen molar-refractivity contribution in [3.05, 3.63) is 29.8 Å². The molecule has 1 aromatic carbocycles. The maximum atomic E-state index is 11.4. The summed E-state index contributed by atoms with van der Waals surface area (Å²) in [5, 5.41) is 2.83. The molecule has 3 N–H and O–H groups in total. The highest BCUT2D eigenvalue weighted by molar-refractivity contribution is 5.85. The summed E-state index contributed by atoms with van der Waals surface area (Å²) in [6.45, 7) is 5.02. The quantitative estimate of drug-likeness (QED) is 0.806. The lowest BCUT2D eigenvalue weighted by Gasteiger charge is -2.15. The summed E-state index contributed by atoms with van der Waals surface area (Å²) in [5.41, 5.74) is 6.54. The van der Waals surface area contributed by atoms with E-state index in [1.54, 1.807) is 0 Å². The Hall–Kier alpha value is -1.26. The summed E-state index contributed by atoms with van der Waals surface area (Å²) in [4.78, 5) is 11.4. The van der Waals surface area contributed by atoms with Gasteiger partial charge in [-0.2, -0.15) is 0 Å². The topological polar surface area (TPSA) is 64.3 Å². The van der Waals surface area contributed by atoms with Crippen molar-refractivity contribution in [2.75, 3.05) is 13.1 Å². The average molecular weight is 287 g/mol. The average Bonchev–Trinajstić information content (AvgIpc) is 2.36. The van der Waals surface area contributed by atoms with Gasteiger partial charge in [0.2, 0.25) is 5.91 Å². The molecule has 0 aliphatic rings. The van der Waals surface area contributed by atoms with Gasteiger partial charge in [0.1, 0.15) is 11.9 Å². The monoisotopic (exact) mass is 286 g/mol. The Balaban J connectivity index is 0.00000324. The fourth-order valence-corrected chi connectivity index (χ4v) is 1.50. The zero-order valence-electron chi connectivity index (χ0n) is 11.5. The van der Waals surface area contributed by atoms with Crippen molar-refractivity contribution in [2.45, 2.75) is 32.8 Å². The van der Waals surface area contributed by atoms with Crippen LogP contribution in [0.2, 0.25) is 0 Å². The highest BCUT2D eigenvalue weighted by Gasteiger charge is 2.06. The van der Waals surface area contributed by atoms with Crippen molar-refractivity contribution in [1.82, 2.24) is 5.32 Å². The van der Waals surface area contributed by atoms with Gasteiger partial charge in [-0.05, 0) is 38.9 Å². The van der Waals surface area contributed by atoms with Crippen LogP contribution in [0.5, 0.6) is 5.75 Å². The van der Waals surface area contributed by atoms with Gasteiger partial charge >= 0.3 is 0 Å². The van der Waals surface area contributed by atoms with Crippen LogP contribution < -0.4 is 15.8 Å². The van der Waals surface area contributed by atoms with E-state index >= 15 is 0 Å². The summed E-state index contributed by atoms with van der Waals surface area (Å²) >= 11 is 0.